The summed E-state index contributed by atoms with van der Waals surface area (Å²) in [6.07, 6.45) is 2.92. The second-order valence-corrected chi connectivity index (χ2v) is 5.97. The maximum atomic E-state index is 13.1. The fraction of sp³-hybridized carbons (Fsp3) is 0.471. The third-order valence-corrected chi connectivity index (χ3v) is 4.30. The minimum Gasteiger partial charge on any atom is -0.385 e. The number of rotatable bonds is 5. The van der Waals surface area contributed by atoms with Gasteiger partial charge < -0.3 is 21.4 Å². The summed E-state index contributed by atoms with van der Waals surface area (Å²) in [6.45, 7) is 2.16. The second-order valence-electron chi connectivity index (χ2n) is 5.97. The van der Waals surface area contributed by atoms with Crippen LogP contribution in [0.3, 0.4) is 0 Å². The Kier molecular flexibility index (Phi) is 5.55. The molecule has 0 atom stereocenters. The highest BCUT2D eigenvalue weighted by molar-refractivity contribution is 6.23. The van der Waals surface area contributed by atoms with Crippen LogP contribution in [0.2, 0.25) is 0 Å². The lowest BCUT2D eigenvalue weighted by atomic mass is 9.87. The number of nitrogens with one attached hydrogen (secondary N) is 2. The molecule has 4 nitrogen and oxygen atoms in total. The average molecular weight is 304 g/mol. The van der Waals surface area contributed by atoms with E-state index >= 15 is 0 Å². The maximum absolute atomic E-state index is 13.1. The average Bonchev–Trinajstić information content (AvgIpc) is 2.51. The molecule has 0 spiro atoms. The van der Waals surface area contributed by atoms with E-state index in [0.717, 1.165) is 31.5 Å². The molecule has 1 heterocycles. The van der Waals surface area contributed by atoms with Gasteiger partial charge in [-0.15, -0.1) is 0 Å². The molecule has 0 amide bonds. The van der Waals surface area contributed by atoms with Gasteiger partial charge in [0, 0.05) is 18.3 Å². The maximum Gasteiger partial charge on any atom is 0.123 e. The van der Waals surface area contributed by atoms with Gasteiger partial charge in [0.1, 0.15) is 11.6 Å². The third kappa shape index (κ3) is 4.07. The number of benzene rings is 1. The lowest BCUT2D eigenvalue weighted by Gasteiger charge is -2.29. The van der Waals surface area contributed by atoms with Gasteiger partial charge in [-0.1, -0.05) is 12.1 Å². The zero-order valence-electron chi connectivity index (χ0n) is 13.3. The van der Waals surface area contributed by atoms with Gasteiger partial charge in [-0.2, -0.15) is 0 Å². The molecule has 4 N–H and O–H groups in total. The monoisotopic (exact) mass is 304 g/mol. The molecule has 0 bridgehead atoms. The van der Waals surface area contributed by atoms with E-state index in [0.29, 0.717) is 29.4 Å². The first-order chi connectivity index (χ1) is 10.5. The van der Waals surface area contributed by atoms with Crippen molar-refractivity contribution < 1.29 is 4.39 Å². The molecule has 2 rings (SSSR count). The number of likely N-dealkylation sites (tertiary alicyclic amines) is 1. The number of allylic oxidation sites excluding steroid dienone is 1. The van der Waals surface area contributed by atoms with Crippen molar-refractivity contribution in [2.75, 3.05) is 27.2 Å². The second kappa shape index (κ2) is 7.40. The van der Waals surface area contributed by atoms with Gasteiger partial charge in [-0.25, -0.2) is 4.39 Å². The molecule has 1 fully saturated rings. The normalized spacial score (nSPS) is 18.0. The standard InChI is InChI=1S/C17H25FN4/c1-21-17(20)16(13-3-5-14(18)6-4-13)15(19)11-12-7-9-22(2)10-8-12/h3-6,12,19,21H,7-11,20H2,1-2H3/b17-16-,19-15?. The Morgan fingerprint density at radius 3 is 2.45 bits per heavy atom. The minimum atomic E-state index is -0.284. The SMILES string of the molecule is CN/C(N)=C(\C(=N)CC1CCN(C)CC1)c1ccc(F)cc1. The Balaban J connectivity index is 2.16. The van der Waals surface area contributed by atoms with E-state index in [1.165, 1.54) is 12.1 Å². The number of piperidine rings is 1. The van der Waals surface area contributed by atoms with Crippen LogP contribution in [0.25, 0.3) is 5.57 Å². The van der Waals surface area contributed by atoms with Crippen LogP contribution in [0, 0.1) is 17.1 Å². The zero-order valence-corrected chi connectivity index (χ0v) is 13.3. The van der Waals surface area contributed by atoms with Crippen molar-refractivity contribution >= 4 is 11.3 Å². The molecule has 0 saturated carbocycles. The van der Waals surface area contributed by atoms with E-state index in [4.69, 9.17) is 11.1 Å². The Bertz CT molecular complexity index is 542. The molecule has 0 radical (unpaired) electrons. The molecule has 1 aliphatic rings. The van der Waals surface area contributed by atoms with E-state index in [1.54, 1.807) is 19.2 Å². The molecule has 22 heavy (non-hydrogen) atoms. The van der Waals surface area contributed by atoms with E-state index in [-0.39, 0.29) is 5.82 Å². The van der Waals surface area contributed by atoms with Crippen molar-refractivity contribution in [3.63, 3.8) is 0 Å². The lowest BCUT2D eigenvalue weighted by Crippen LogP contribution is -2.31. The van der Waals surface area contributed by atoms with Gasteiger partial charge in [0.2, 0.25) is 0 Å². The minimum absolute atomic E-state index is 0.284. The van der Waals surface area contributed by atoms with Gasteiger partial charge in [-0.05, 0) is 63.0 Å². The highest BCUT2D eigenvalue weighted by Gasteiger charge is 2.21. The van der Waals surface area contributed by atoms with Crippen molar-refractivity contribution in [1.29, 1.82) is 5.41 Å². The molecule has 120 valence electrons. The highest BCUT2D eigenvalue weighted by Crippen LogP contribution is 2.26. The van der Waals surface area contributed by atoms with Crippen molar-refractivity contribution in [1.82, 2.24) is 10.2 Å². The molecular weight excluding hydrogens is 279 g/mol. The van der Waals surface area contributed by atoms with Crippen molar-refractivity contribution in [3.8, 4) is 0 Å². The van der Waals surface area contributed by atoms with Crippen LogP contribution in [0.15, 0.2) is 30.1 Å². The Hall–Kier alpha value is -1.88. The number of halogens is 1. The summed E-state index contributed by atoms with van der Waals surface area (Å²) in [5.74, 6) is 0.696. The summed E-state index contributed by atoms with van der Waals surface area (Å²) in [5.41, 5.74) is 8.03. The van der Waals surface area contributed by atoms with Gasteiger partial charge in [0.15, 0.2) is 0 Å². The zero-order chi connectivity index (χ0) is 16.1. The van der Waals surface area contributed by atoms with Gasteiger partial charge in [0.05, 0.1) is 0 Å². The van der Waals surface area contributed by atoms with Crippen LogP contribution < -0.4 is 11.1 Å². The smallest absolute Gasteiger partial charge is 0.123 e. The lowest BCUT2D eigenvalue weighted by molar-refractivity contribution is 0.223. The molecule has 0 unspecified atom stereocenters. The summed E-state index contributed by atoms with van der Waals surface area (Å²) >= 11 is 0. The number of nitrogens with zero attached hydrogens (tertiary/aromatic N) is 1. The topological polar surface area (TPSA) is 65.1 Å². The summed E-state index contributed by atoms with van der Waals surface area (Å²) in [6, 6.07) is 6.17. The quantitative estimate of drug-likeness (QED) is 0.732. The van der Waals surface area contributed by atoms with Gasteiger partial charge >= 0.3 is 0 Å². The first-order valence-electron chi connectivity index (χ1n) is 7.71. The molecule has 0 aliphatic carbocycles. The predicted molar refractivity (Wildman–Crippen MR) is 89.1 cm³/mol. The predicted octanol–water partition coefficient (Wildman–Crippen LogP) is 2.42. The molecule has 5 heteroatoms. The van der Waals surface area contributed by atoms with Crippen LogP contribution in [0.4, 0.5) is 4.39 Å². The summed E-state index contributed by atoms with van der Waals surface area (Å²) in [5, 5.41) is 11.4. The number of nitrogens with two attached hydrogens (primary N) is 1. The first-order valence-corrected chi connectivity index (χ1v) is 7.71. The number of hydrogen-bond acceptors (Lipinski definition) is 4. The molecule has 0 aromatic heterocycles. The van der Waals surface area contributed by atoms with E-state index in [1.807, 2.05) is 0 Å². The van der Waals surface area contributed by atoms with Crippen molar-refractivity contribution in [2.24, 2.45) is 11.7 Å². The van der Waals surface area contributed by atoms with Gasteiger partial charge in [-0.3, -0.25) is 0 Å². The summed E-state index contributed by atoms with van der Waals surface area (Å²) in [4.78, 5) is 2.32. The Morgan fingerprint density at radius 2 is 1.91 bits per heavy atom. The van der Waals surface area contributed by atoms with Crippen molar-refractivity contribution in [3.05, 3.63) is 41.5 Å². The Morgan fingerprint density at radius 1 is 1.32 bits per heavy atom. The molecular formula is C17H25FN4. The fourth-order valence-electron chi connectivity index (χ4n) is 2.89. The van der Waals surface area contributed by atoms with Crippen LogP contribution in [-0.2, 0) is 0 Å². The van der Waals surface area contributed by atoms with Crippen LogP contribution in [0.1, 0.15) is 24.8 Å². The molecule has 1 aliphatic heterocycles. The van der Waals surface area contributed by atoms with E-state index < -0.39 is 0 Å². The third-order valence-electron chi connectivity index (χ3n) is 4.30. The summed E-state index contributed by atoms with van der Waals surface area (Å²) in [7, 11) is 3.87. The van der Waals surface area contributed by atoms with E-state index in [9.17, 15) is 4.39 Å². The first kappa shape index (κ1) is 16.5. The molecule has 1 aromatic carbocycles. The van der Waals surface area contributed by atoms with Crippen LogP contribution >= 0.6 is 0 Å². The van der Waals surface area contributed by atoms with E-state index in [2.05, 4.69) is 17.3 Å². The summed E-state index contributed by atoms with van der Waals surface area (Å²) < 4.78 is 13.1. The molecule has 1 aromatic rings. The van der Waals surface area contributed by atoms with Crippen LogP contribution in [0.5, 0.6) is 0 Å². The largest absolute Gasteiger partial charge is 0.385 e. The molecule has 1 saturated heterocycles. The highest BCUT2D eigenvalue weighted by atomic mass is 19.1. The van der Waals surface area contributed by atoms with Crippen molar-refractivity contribution in [2.45, 2.75) is 19.3 Å². The Labute approximate surface area is 131 Å². The fourth-order valence-corrected chi connectivity index (χ4v) is 2.89. The van der Waals surface area contributed by atoms with Gasteiger partial charge in [0.25, 0.3) is 0 Å². The van der Waals surface area contributed by atoms with Crippen LogP contribution in [-0.4, -0.2) is 37.8 Å². The number of hydrogen-bond donors (Lipinski definition) is 3.